The Morgan fingerprint density at radius 3 is 2.61 bits per heavy atom. The van der Waals surface area contributed by atoms with Gasteiger partial charge in [-0.3, -0.25) is 24.1 Å². The van der Waals surface area contributed by atoms with Gasteiger partial charge >= 0.3 is 12.1 Å². The van der Waals surface area contributed by atoms with Crippen LogP contribution in [-0.2, 0) is 19.7 Å². The number of pyridine rings is 1. The molecule has 3 aromatic heterocycles. The molecule has 0 spiro atoms. The first-order valence-corrected chi connectivity index (χ1v) is 17.2. The van der Waals surface area contributed by atoms with Gasteiger partial charge in [-0.1, -0.05) is 20.8 Å². The van der Waals surface area contributed by atoms with Crippen molar-refractivity contribution in [2.45, 2.75) is 58.0 Å². The van der Waals surface area contributed by atoms with Crippen molar-refractivity contribution < 1.29 is 33.5 Å². The maximum Gasteiger partial charge on any atom is 0.407 e. The van der Waals surface area contributed by atoms with Gasteiger partial charge in [-0.2, -0.15) is 0 Å². The van der Waals surface area contributed by atoms with Crippen LogP contribution in [0.5, 0.6) is 0 Å². The summed E-state index contributed by atoms with van der Waals surface area (Å²) in [5, 5.41) is 17.3. The second-order valence-electron chi connectivity index (χ2n) is 13.6. The number of hydrogen-bond acceptors (Lipinski definition) is 10. The van der Waals surface area contributed by atoms with Crippen molar-refractivity contribution in [3.63, 3.8) is 0 Å². The van der Waals surface area contributed by atoms with E-state index in [4.69, 9.17) is 15.5 Å². The Morgan fingerprint density at radius 2 is 1.94 bits per heavy atom. The van der Waals surface area contributed by atoms with E-state index in [1.165, 1.54) is 40.1 Å². The largest absolute Gasteiger partial charge is 0.478 e. The number of carbonyl (C=O) groups excluding carboxylic acids is 3. The molecule has 0 radical (unpaired) electrons. The van der Waals surface area contributed by atoms with Gasteiger partial charge in [0.05, 0.1) is 44.0 Å². The minimum Gasteiger partial charge on any atom is -0.478 e. The van der Waals surface area contributed by atoms with Gasteiger partial charge in [-0.05, 0) is 31.1 Å². The zero-order valence-electron chi connectivity index (χ0n) is 27.9. The molecule has 16 heteroatoms. The number of carbonyl (C=O) groups is 4. The van der Waals surface area contributed by atoms with Crippen molar-refractivity contribution in [2.24, 2.45) is 5.73 Å². The zero-order valence-corrected chi connectivity index (χ0v) is 28.8. The molecule has 15 nitrogen and oxygen atoms in total. The van der Waals surface area contributed by atoms with E-state index < -0.39 is 29.6 Å². The number of nitrogens with one attached hydrogen (secondary N) is 2. The summed E-state index contributed by atoms with van der Waals surface area (Å²) in [5.41, 5.74) is 6.11. The molecule has 1 atom stereocenters. The monoisotopic (exact) mass is 695 g/mol. The first-order chi connectivity index (χ1) is 23.2. The van der Waals surface area contributed by atoms with Gasteiger partial charge in [0.2, 0.25) is 0 Å². The van der Waals surface area contributed by atoms with Crippen LogP contribution in [0.3, 0.4) is 0 Å². The molecule has 5 N–H and O–H groups in total. The number of carboxylic acid groups (broad SMARTS) is 1. The van der Waals surface area contributed by atoms with Crippen molar-refractivity contribution >= 4 is 57.9 Å². The van der Waals surface area contributed by atoms with E-state index in [9.17, 15) is 29.1 Å². The molecule has 262 valence electrons. The number of nitrogens with two attached hydrogens (primary N) is 1. The fourth-order valence-corrected chi connectivity index (χ4v) is 7.21. The van der Waals surface area contributed by atoms with Gasteiger partial charge in [0.15, 0.2) is 11.7 Å². The first kappa shape index (κ1) is 35.5. The van der Waals surface area contributed by atoms with Crippen molar-refractivity contribution in [3.8, 4) is 0 Å². The predicted molar refractivity (Wildman–Crippen MR) is 185 cm³/mol. The van der Waals surface area contributed by atoms with Crippen LogP contribution in [0.1, 0.15) is 68.1 Å². The Bertz CT molecular complexity index is 1820. The van der Waals surface area contributed by atoms with Gasteiger partial charge in [0.25, 0.3) is 17.4 Å². The summed E-state index contributed by atoms with van der Waals surface area (Å²) in [6, 6.07) is 2.97. The lowest BCUT2D eigenvalue weighted by Gasteiger charge is -2.34. The van der Waals surface area contributed by atoms with Gasteiger partial charge in [0, 0.05) is 48.0 Å². The van der Waals surface area contributed by atoms with Crippen LogP contribution in [0.4, 0.5) is 15.7 Å². The highest BCUT2D eigenvalue weighted by atomic mass is 32.1. The minimum atomic E-state index is -1.23. The summed E-state index contributed by atoms with van der Waals surface area (Å²) in [7, 11) is 0. The number of ether oxygens (including phenoxy) is 1. The SMILES string of the molecule is CC(C)(C)c1csc(NC(=O)c2ccn3c(=O)c(/C=C/C(=O)O)c(N4CCC[C@@H](OC(=O)NCC[N+]5(CC(N)=O)CCCC5)C4)nc3c2)n1. The summed E-state index contributed by atoms with van der Waals surface area (Å²) >= 11 is 1.32. The van der Waals surface area contributed by atoms with Crippen molar-refractivity contribution in [1.82, 2.24) is 19.7 Å². The number of likely N-dealkylation sites (tertiary alicyclic amines) is 1. The van der Waals surface area contributed by atoms with Crippen LogP contribution in [0.2, 0.25) is 0 Å². The Labute approximate surface area is 287 Å². The lowest BCUT2D eigenvalue weighted by molar-refractivity contribution is -0.907. The molecule has 2 aliphatic rings. The molecule has 3 aromatic rings. The summed E-state index contributed by atoms with van der Waals surface area (Å²) in [5.74, 6) is -1.80. The van der Waals surface area contributed by atoms with Gasteiger partial charge < -0.3 is 30.3 Å². The highest BCUT2D eigenvalue weighted by molar-refractivity contribution is 7.14. The number of aromatic nitrogens is 3. The summed E-state index contributed by atoms with van der Waals surface area (Å²) < 4.78 is 7.54. The van der Waals surface area contributed by atoms with E-state index in [0.717, 1.165) is 37.7 Å². The molecule has 2 saturated heterocycles. The fraction of sp³-hybridized carbons (Fsp3) is 0.485. The number of nitrogens with zero attached hydrogens (tertiary/aromatic N) is 5. The average molecular weight is 696 g/mol. The molecule has 5 heterocycles. The van der Waals surface area contributed by atoms with E-state index in [2.05, 4.69) is 15.6 Å². The van der Waals surface area contributed by atoms with E-state index >= 15 is 0 Å². The molecule has 0 bridgehead atoms. The van der Waals surface area contributed by atoms with Crippen LogP contribution >= 0.6 is 11.3 Å². The standard InChI is InChI=1S/C33H42N8O7S/c1-33(2,3)24-20-49-31(36-24)38-29(45)21-10-13-40-26(17-21)37-28(23(30(40)46)8-9-27(43)44)39-12-6-7-22(18-39)48-32(47)35-11-16-41(19-25(34)42)14-4-5-15-41/h8-10,13,17,20,22H,4-7,11-12,14-16,18-19H2,1-3H3,(H4-,34,35,36,38,42,43,44,45,47)/p+1/b9-8+/t22-/m1/s1. The summed E-state index contributed by atoms with van der Waals surface area (Å²) in [6.45, 7) is 9.60. The maximum atomic E-state index is 13.7. The molecule has 0 aliphatic carbocycles. The third-order valence-corrected chi connectivity index (χ3v) is 9.56. The molecule has 2 aliphatic heterocycles. The van der Waals surface area contributed by atoms with Crippen LogP contribution in [-0.4, -0.2) is 99.8 Å². The number of thiazole rings is 1. The number of quaternary nitrogens is 1. The molecule has 0 unspecified atom stereocenters. The highest BCUT2D eigenvalue weighted by Gasteiger charge is 2.34. The third kappa shape index (κ3) is 8.80. The molecule has 0 aromatic carbocycles. The molecule has 3 amide bonds. The number of alkyl carbamates (subject to hydrolysis) is 1. The second-order valence-corrected chi connectivity index (χ2v) is 14.5. The lowest BCUT2D eigenvalue weighted by atomic mass is 9.93. The van der Waals surface area contributed by atoms with Crippen LogP contribution in [0.25, 0.3) is 11.7 Å². The number of fused-ring (bicyclic) bond motifs is 1. The van der Waals surface area contributed by atoms with Crippen LogP contribution in [0.15, 0.2) is 34.6 Å². The number of carboxylic acids is 1. The van der Waals surface area contributed by atoms with E-state index in [0.29, 0.717) is 42.1 Å². The Balaban J connectivity index is 1.33. The number of anilines is 2. The number of piperidine rings is 1. The molecule has 0 saturated carbocycles. The van der Waals surface area contributed by atoms with Crippen molar-refractivity contribution in [1.29, 1.82) is 0 Å². The smallest absolute Gasteiger partial charge is 0.407 e. The fourth-order valence-electron chi connectivity index (χ4n) is 6.28. The average Bonchev–Trinajstić information content (AvgIpc) is 3.70. The number of amides is 3. The van der Waals surface area contributed by atoms with Crippen molar-refractivity contribution in [3.05, 3.63) is 57.0 Å². The third-order valence-electron chi connectivity index (χ3n) is 8.81. The van der Waals surface area contributed by atoms with Gasteiger partial charge in [0.1, 0.15) is 17.6 Å². The summed E-state index contributed by atoms with van der Waals surface area (Å²) in [4.78, 5) is 73.7. The second kappa shape index (κ2) is 14.7. The number of primary amides is 1. The topological polar surface area (TPSA) is 198 Å². The lowest BCUT2D eigenvalue weighted by Crippen LogP contribution is -2.54. The quantitative estimate of drug-likeness (QED) is 0.171. The number of hydrogen-bond donors (Lipinski definition) is 4. The van der Waals surface area contributed by atoms with E-state index in [1.807, 2.05) is 26.2 Å². The van der Waals surface area contributed by atoms with Crippen LogP contribution < -0.4 is 26.8 Å². The Kier molecular flexibility index (Phi) is 10.7. The van der Waals surface area contributed by atoms with E-state index in [1.54, 1.807) is 4.90 Å². The molecular formula is C33H43N8O7S+. The van der Waals surface area contributed by atoms with Gasteiger partial charge in [-0.25, -0.2) is 19.6 Å². The molecular weight excluding hydrogens is 652 g/mol. The zero-order chi connectivity index (χ0) is 35.3. The van der Waals surface area contributed by atoms with Crippen molar-refractivity contribution in [2.75, 3.05) is 56.0 Å². The van der Waals surface area contributed by atoms with Crippen LogP contribution in [0, 0.1) is 0 Å². The van der Waals surface area contributed by atoms with E-state index in [-0.39, 0.29) is 47.0 Å². The normalized spacial score (nSPS) is 17.7. The summed E-state index contributed by atoms with van der Waals surface area (Å²) in [6.07, 6.45) is 5.59. The number of rotatable bonds is 11. The first-order valence-electron chi connectivity index (χ1n) is 16.3. The molecule has 2 fully saturated rings. The maximum absolute atomic E-state index is 13.7. The Hall–Kier alpha value is -4.83. The predicted octanol–water partition coefficient (Wildman–Crippen LogP) is 2.59. The molecule has 49 heavy (non-hydrogen) atoms. The number of aliphatic carboxylic acids is 1. The van der Waals surface area contributed by atoms with Gasteiger partial charge in [-0.15, -0.1) is 11.3 Å². The highest BCUT2D eigenvalue weighted by Crippen LogP contribution is 2.27. The molecule has 5 rings (SSSR count). The minimum absolute atomic E-state index is 0.0498. The Morgan fingerprint density at radius 1 is 1.18 bits per heavy atom.